The highest BCUT2D eigenvalue weighted by molar-refractivity contribution is 6.31. The quantitative estimate of drug-likeness (QED) is 0.533. The normalized spacial score (nSPS) is 16.5. The molecule has 0 spiro atoms. The van der Waals surface area contributed by atoms with Crippen molar-refractivity contribution in [1.29, 1.82) is 0 Å². The third kappa shape index (κ3) is 6.67. The van der Waals surface area contributed by atoms with Crippen molar-refractivity contribution < 1.29 is 9.47 Å². The Hall–Kier alpha value is -1.50. The molecule has 1 fully saturated rings. The summed E-state index contributed by atoms with van der Waals surface area (Å²) in [6.07, 6.45) is 3.07. The molecule has 1 aliphatic heterocycles. The van der Waals surface area contributed by atoms with Crippen molar-refractivity contribution in [2.75, 3.05) is 54.1 Å². The zero-order valence-electron chi connectivity index (χ0n) is 16.1. The van der Waals surface area contributed by atoms with Gasteiger partial charge in [0.25, 0.3) is 0 Å². The summed E-state index contributed by atoms with van der Waals surface area (Å²) >= 11 is 6.30. The molecule has 0 aliphatic carbocycles. The molecule has 6 nitrogen and oxygen atoms in total. The SMILES string of the molecule is CN=C(NCCc1ccc(OC)cc1Cl)NC1CCN(CCOC)CC1. The summed E-state index contributed by atoms with van der Waals surface area (Å²) in [4.78, 5) is 6.79. The van der Waals surface area contributed by atoms with Gasteiger partial charge in [0.05, 0.1) is 13.7 Å². The number of piperidine rings is 1. The number of rotatable bonds is 8. The van der Waals surface area contributed by atoms with Gasteiger partial charge in [-0.2, -0.15) is 0 Å². The van der Waals surface area contributed by atoms with E-state index in [1.54, 1.807) is 14.2 Å². The number of guanidine groups is 1. The fourth-order valence-electron chi connectivity index (χ4n) is 3.08. The number of hydrogen-bond acceptors (Lipinski definition) is 4. The van der Waals surface area contributed by atoms with Gasteiger partial charge in [0, 0.05) is 51.4 Å². The van der Waals surface area contributed by atoms with E-state index < -0.39 is 0 Å². The summed E-state index contributed by atoms with van der Waals surface area (Å²) in [5, 5.41) is 7.65. The Morgan fingerprint density at radius 2 is 2.08 bits per heavy atom. The van der Waals surface area contributed by atoms with Crippen LogP contribution in [0.1, 0.15) is 18.4 Å². The minimum Gasteiger partial charge on any atom is -0.497 e. The molecule has 0 bridgehead atoms. The second kappa shape index (κ2) is 11.3. The van der Waals surface area contributed by atoms with Crippen LogP contribution in [-0.4, -0.2) is 71.0 Å². The molecule has 0 atom stereocenters. The molecule has 146 valence electrons. The van der Waals surface area contributed by atoms with Gasteiger partial charge >= 0.3 is 0 Å². The van der Waals surface area contributed by atoms with Crippen molar-refractivity contribution in [3.63, 3.8) is 0 Å². The third-order valence-electron chi connectivity index (χ3n) is 4.71. The van der Waals surface area contributed by atoms with Crippen molar-refractivity contribution in [3.05, 3.63) is 28.8 Å². The van der Waals surface area contributed by atoms with Gasteiger partial charge in [-0.05, 0) is 37.0 Å². The van der Waals surface area contributed by atoms with Crippen LogP contribution >= 0.6 is 11.6 Å². The zero-order valence-corrected chi connectivity index (χ0v) is 16.8. The predicted molar refractivity (Wildman–Crippen MR) is 108 cm³/mol. The first-order valence-electron chi connectivity index (χ1n) is 9.17. The second-order valence-corrected chi connectivity index (χ2v) is 6.87. The van der Waals surface area contributed by atoms with E-state index in [4.69, 9.17) is 21.1 Å². The molecule has 2 N–H and O–H groups in total. The highest BCUT2D eigenvalue weighted by Gasteiger charge is 2.19. The summed E-state index contributed by atoms with van der Waals surface area (Å²) in [7, 11) is 5.21. The number of ether oxygens (including phenoxy) is 2. The Bertz CT molecular complexity index is 575. The summed E-state index contributed by atoms with van der Waals surface area (Å²) in [5.41, 5.74) is 1.10. The summed E-state index contributed by atoms with van der Waals surface area (Å²) in [5.74, 6) is 1.63. The van der Waals surface area contributed by atoms with Gasteiger partial charge in [-0.1, -0.05) is 17.7 Å². The van der Waals surface area contributed by atoms with Gasteiger partial charge in [-0.25, -0.2) is 0 Å². The lowest BCUT2D eigenvalue weighted by molar-refractivity contribution is 0.128. The lowest BCUT2D eigenvalue weighted by atomic mass is 10.1. The Kier molecular flexibility index (Phi) is 9.01. The molecule has 1 aromatic carbocycles. The Morgan fingerprint density at radius 3 is 2.69 bits per heavy atom. The molecule has 1 saturated heterocycles. The molecule has 0 radical (unpaired) electrons. The van der Waals surface area contributed by atoms with Gasteiger partial charge in [0.15, 0.2) is 5.96 Å². The first kappa shape index (κ1) is 20.8. The van der Waals surface area contributed by atoms with E-state index in [-0.39, 0.29) is 0 Å². The number of likely N-dealkylation sites (tertiary alicyclic amines) is 1. The number of nitrogens with one attached hydrogen (secondary N) is 2. The third-order valence-corrected chi connectivity index (χ3v) is 5.06. The van der Waals surface area contributed by atoms with Crippen LogP contribution in [0.25, 0.3) is 0 Å². The van der Waals surface area contributed by atoms with Crippen LogP contribution in [0.15, 0.2) is 23.2 Å². The van der Waals surface area contributed by atoms with Crippen LogP contribution in [0.5, 0.6) is 5.75 Å². The monoisotopic (exact) mass is 382 g/mol. The maximum absolute atomic E-state index is 6.30. The van der Waals surface area contributed by atoms with E-state index >= 15 is 0 Å². The lowest BCUT2D eigenvalue weighted by Gasteiger charge is -2.32. The van der Waals surface area contributed by atoms with Crippen molar-refractivity contribution in [3.8, 4) is 5.75 Å². The number of aliphatic imine (C=N–C) groups is 1. The maximum Gasteiger partial charge on any atom is 0.191 e. The number of halogens is 1. The first-order valence-corrected chi connectivity index (χ1v) is 9.55. The summed E-state index contributed by atoms with van der Waals surface area (Å²) in [6.45, 7) is 4.78. The molecule has 26 heavy (non-hydrogen) atoms. The highest BCUT2D eigenvalue weighted by atomic mass is 35.5. The molecule has 1 aliphatic rings. The molecule has 1 heterocycles. The largest absolute Gasteiger partial charge is 0.497 e. The minimum atomic E-state index is 0.463. The highest BCUT2D eigenvalue weighted by Crippen LogP contribution is 2.22. The Labute approximate surface area is 161 Å². The molecule has 2 rings (SSSR count). The zero-order chi connectivity index (χ0) is 18.8. The molecule has 0 saturated carbocycles. The Morgan fingerprint density at radius 1 is 1.31 bits per heavy atom. The predicted octanol–water partition coefficient (Wildman–Crippen LogP) is 2.17. The molecule has 1 aromatic rings. The molecular weight excluding hydrogens is 352 g/mol. The lowest BCUT2D eigenvalue weighted by Crippen LogP contribution is -2.49. The van der Waals surface area contributed by atoms with Crippen molar-refractivity contribution >= 4 is 17.6 Å². The van der Waals surface area contributed by atoms with Crippen molar-refractivity contribution in [1.82, 2.24) is 15.5 Å². The van der Waals surface area contributed by atoms with E-state index in [0.717, 1.165) is 74.3 Å². The van der Waals surface area contributed by atoms with Crippen LogP contribution < -0.4 is 15.4 Å². The van der Waals surface area contributed by atoms with Crippen LogP contribution in [0.3, 0.4) is 0 Å². The van der Waals surface area contributed by atoms with E-state index in [1.807, 2.05) is 25.2 Å². The van der Waals surface area contributed by atoms with Crippen LogP contribution in [0.2, 0.25) is 5.02 Å². The smallest absolute Gasteiger partial charge is 0.191 e. The number of hydrogen-bond donors (Lipinski definition) is 2. The second-order valence-electron chi connectivity index (χ2n) is 6.46. The van der Waals surface area contributed by atoms with Crippen LogP contribution in [0.4, 0.5) is 0 Å². The van der Waals surface area contributed by atoms with Gasteiger partial charge in [-0.15, -0.1) is 0 Å². The van der Waals surface area contributed by atoms with Crippen molar-refractivity contribution in [2.45, 2.75) is 25.3 Å². The van der Waals surface area contributed by atoms with E-state index in [2.05, 4.69) is 20.5 Å². The standard InChI is InChI=1S/C19H31ClN4O2/c1-21-19(23-16-7-10-24(11-8-16)12-13-25-2)22-9-6-15-4-5-17(26-3)14-18(15)20/h4-5,14,16H,6-13H2,1-3H3,(H2,21,22,23). The number of benzene rings is 1. The van der Waals surface area contributed by atoms with Crippen molar-refractivity contribution in [2.24, 2.45) is 4.99 Å². The van der Waals surface area contributed by atoms with Gasteiger partial charge in [-0.3, -0.25) is 4.99 Å². The van der Waals surface area contributed by atoms with Crippen LogP contribution in [0, 0.1) is 0 Å². The van der Waals surface area contributed by atoms with E-state index in [1.165, 1.54) is 0 Å². The average molecular weight is 383 g/mol. The molecule has 0 unspecified atom stereocenters. The average Bonchev–Trinajstić information content (AvgIpc) is 2.67. The molecule has 0 amide bonds. The van der Waals surface area contributed by atoms with Crippen LogP contribution in [-0.2, 0) is 11.2 Å². The topological polar surface area (TPSA) is 58.1 Å². The molecule has 7 heteroatoms. The fraction of sp³-hybridized carbons (Fsp3) is 0.632. The number of methoxy groups -OCH3 is 2. The minimum absolute atomic E-state index is 0.463. The summed E-state index contributed by atoms with van der Waals surface area (Å²) in [6, 6.07) is 6.26. The van der Waals surface area contributed by atoms with E-state index in [0.29, 0.717) is 6.04 Å². The number of nitrogens with zero attached hydrogens (tertiary/aromatic N) is 2. The fourth-order valence-corrected chi connectivity index (χ4v) is 3.35. The Balaban J connectivity index is 1.71. The van der Waals surface area contributed by atoms with Gasteiger partial charge < -0.3 is 25.0 Å². The first-order chi connectivity index (χ1) is 12.7. The van der Waals surface area contributed by atoms with E-state index in [9.17, 15) is 0 Å². The van der Waals surface area contributed by atoms with Gasteiger partial charge in [0.1, 0.15) is 5.75 Å². The molecular formula is C19H31ClN4O2. The maximum atomic E-state index is 6.30. The van der Waals surface area contributed by atoms with Gasteiger partial charge in [0.2, 0.25) is 0 Å². The summed E-state index contributed by atoms with van der Waals surface area (Å²) < 4.78 is 10.3. The molecule has 0 aromatic heterocycles.